The van der Waals surface area contributed by atoms with Crippen LogP contribution in [0.3, 0.4) is 0 Å². The molecule has 0 aromatic heterocycles. The second kappa shape index (κ2) is 8.23. The molecular weight excluding hydrogens is 328 g/mol. The van der Waals surface area contributed by atoms with Gasteiger partial charge in [0.2, 0.25) is 0 Å². The van der Waals surface area contributed by atoms with Gasteiger partial charge in [0.15, 0.2) is 0 Å². The maximum Gasteiger partial charge on any atom is 0.321 e. The smallest absolute Gasteiger partial charge is 0.321 e. The first-order valence-electron chi connectivity index (χ1n) is 9.12. The number of ether oxygens (including phenoxy) is 1. The molecule has 5 nitrogen and oxygen atoms in total. The van der Waals surface area contributed by atoms with Crippen LogP contribution >= 0.6 is 0 Å². The fraction of sp³-hybridized carbons (Fsp3) is 0.381. The van der Waals surface area contributed by atoms with Crippen LogP contribution in [0.5, 0.6) is 11.5 Å². The van der Waals surface area contributed by atoms with Crippen LogP contribution in [0.2, 0.25) is 0 Å². The first-order chi connectivity index (χ1) is 12.5. The van der Waals surface area contributed by atoms with Crippen molar-refractivity contribution in [3.63, 3.8) is 0 Å². The van der Waals surface area contributed by atoms with E-state index in [2.05, 4.69) is 5.32 Å². The number of carbonyl (C=O) groups is 1. The molecule has 1 aliphatic carbocycles. The highest BCUT2D eigenvalue weighted by Crippen LogP contribution is 2.32. The Labute approximate surface area is 154 Å². The fourth-order valence-corrected chi connectivity index (χ4v) is 3.21. The van der Waals surface area contributed by atoms with E-state index in [0.717, 1.165) is 31.4 Å². The van der Waals surface area contributed by atoms with Gasteiger partial charge in [-0.3, -0.25) is 0 Å². The van der Waals surface area contributed by atoms with Crippen LogP contribution < -0.4 is 10.1 Å². The number of anilines is 1. The Morgan fingerprint density at radius 3 is 2.35 bits per heavy atom. The first kappa shape index (κ1) is 18.3. The van der Waals surface area contributed by atoms with Crippen molar-refractivity contribution in [1.82, 2.24) is 4.90 Å². The number of hydrogen-bond acceptors (Lipinski definition) is 3. The minimum atomic E-state index is -0.592. The molecule has 2 N–H and O–H groups in total. The highest BCUT2D eigenvalue weighted by molar-refractivity contribution is 5.89. The van der Waals surface area contributed by atoms with Gasteiger partial charge in [0, 0.05) is 19.3 Å². The summed E-state index contributed by atoms with van der Waals surface area (Å²) < 4.78 is 5.74. The Morgan fingerprint density at radius 2 is 1.69 bits per heavy atom. The molecule has 138 valence electrons. The molecule has 0 saturated heterocycles. The van der Waals surface area contributed by atoms with Crippen molar-refractivity contribution < 1.29 is 14.6 Å². The van der Waals surface area contributed by atoms with Crippen molar-refractivity contribution in [2.75, 3.05) is 18.9 Å². The van der Waals surface area contributed by atoms with Crippen LogP contribution in [-0.4, -0.2) is 35.2 Å². The summed E-state index contributed by atoms with van der Waals surface area (Å²) in [4.78, 5) is 13.9. The van der Waals surface area contributed by atoms with Gasteiger partial charge in [0.1, 0.15) is 11.5 Å². The van der Waals surface area contributed by atoms with Crippen molar-refractivity contribution in [1.29, 1.82) is 0 Å². The number of amides is 2. The predicted octanol–water partition coefficient (Wildman–Crippen LogP) is 4.64. The third kappa shape index (κ3) is 4.99. The molecule has 0 heterocycles. The Hall–Kier alpha value is -2.53. The summed E-state index contributed by atoms with van der Waals surface area (Å²) in [5, 5.41) is 13.3. The van der Waals surface area contributed by atoms with Gasteiger partial charge in [-0.05, 0) is 55.7 Å². The number of aliphatic hydroxyl groups is 1. The van der Waals surface area contributed by atoms with Crippen molar-refractivity contribution in [3.8, 4) is 11.5 Å². The van der Waals surface area contributed by atoms with E-state index < -0.39 is 5.60 Å². The molecule has 0 spiro atoms. The zero-order valence-corrected chi connectivity index (χ0v) is 15.1. The van der Waals surface area contributed by atoms with Gasteiger partial charge < -0.3 is 20.1 Å². The summed E-state index contributed by atoms with van der Waals surface area (Å²) in [6, 6.07) is 16.7. The summed E-state index contributed by atoms with van der Waals surface area (Å²) in [5.74, 6) is 1.49. The van der Waals surface area contributed by atoms with Gasteiger partial charge >= 0.3 is 6.03 Å². The van der Waals surface area contributed by atoms with Crippen LogP contribution in [0.4, 0.5) is 10.5 Å². The number of para-hydroxylation sites is 1. The molecule has 1 saturated carbocycles. The lowest BCUT2D eigenvalue weighted by atomic mass is 9.98. The Kier molecular flexibility index (Phi) is 5.78. The topological polar surface area (TPSA) is 61.8 Å². The summed E-state index contributed by atoms with van der Waals surface area (Å²) in [6.07, 6.45) is 4.45. The van der Waals surface area contributed by atoms with E-state index in [9.17, 15) is 9.90 Å². The summed E-state index contributed by atoms with van der Waals surface area (Å²) in [5.41, 5.74) is 0.118. The quantitative estimate of drug-likeness (QED) is 0.794. The van der Waals surface area contributed by atoms with Crippen LogP contribution in [0, 0.1) is 0 Å². The second-order valence-electron chi connectivity index (χ2n) is 6.97. The van der Waals surface area contributed by atoms with E-state index in [4.69, 9.17) is 4.74 Å². The zero-order valence-electron chi connectivity index (χ0n) is 15.1. The molecule has 0 atom stereocenters. The van der Waals surface area contributed by atoms with E-state index in [-0.39, 0.29) is 6.03 Å². The molecule has 3 rings (SSSR count). The Balaban J connectivity index is 1.49. The molecule has 2 aromatic rings. The maximum atomic E-state index is 12.3. The molecule has 0 radical (unpaired) electrons. The predicted molar refractivity (Wildman–Crippen MR) is 103 cm³/mol. The standard InChI is InChI=1S/C21H26N2O3/c1-23(16-15-21(25)13-5-6-14-21)20(24)22-17-9-11-19(12-10-17)26-18-7-3-2-4-8-18/h2-4,7-12,25H,5-6,13-16H2,1H3,(H,22,24). The number of benzene rings is 2. The number of carbonyl (C=O) groups excluding carboxylic acids is 1. The highest BCUT2D eigenvalue weighted by atomic mass is 16.5. The largest absolute Gasteiger partial charge is 0.457 e. The maximum absolute atomic E-state index is 12.3. The van der Waals surface area contributed by atoms with E-state index in [0.29, 0.717) is 24.4 Å². The molecule has 0 aliphatic heterocycles. The van der Waals surface area contributed by atoms with E-state index in [1.54, 1.807) is 11.9 Å². The van der Waals surface area contributed by atoms with Crippen LogP contribution in [0.15, 0.2) is 54.6 Å². The lowest BCUT2D eigenvalue weighted by molar-refractivity contribution is 0.0335. The van der Waals surface area contributed by atoms with Gasteiger partial charge in [0.25, 0.3) is 0 Å². The zero-order chi connectivity index (χ0) is 18.4. The van der Waals surface area contributed by atoms with Gasteiger partial charge in [0.05, 0.1) is 5.60 Å². The number of urea groups is 1. The number of rotatable bonds is 6. The monoisotopic (exact) mass is 354 g/mol. The molecule has 1 fully saturated rings. The molecule has 2 amide bonds. The second-order valence-corrected chi connectivity index (χ2v) is 6.97. The molecule has 0 unspecified atom stereocenters. The lowest BCUT2D eigenvalue weighted by Crippen LogP contribution is -2.36. The number of nitrogens with zero attached hydrogens (tertiary/aromatic N) is 1. The van der Waals surface area contributed by atoms with Gasteiger partial charge in [-0.1, -0.05) is 31.0 Å². The summed E-state index contributed by atoms with van der Waals surface area (Å²) >= 11 is 0. The minimum Gasteiger partial charge on any atom is -0.457 e. The molecule has 0 bridgehead atoms. The first-order valence-corrected chi connectivity index (χ1v) is 9.12. The van der Waals surface area contributed by atoms with Crippen LogP contribution in [-0.2, 0) is 0 Å². The van der Waals surface area contributed by atoms with Crippen molar-refractivity contribution in [3.05, 3.63) is 54.6 Å². The van der Waals surface area contributed by atoms with Gasteiger partial charge in [-0.2, -0.15) is 0 Å². The molecule has 2 aromatic carbocycles. The molecule has 5 heteroatoms. The van der Waals surface area contributed by atoms with Crippen LogP contribution in [0.25, 0.3) is 0 Å². The van der Waals surface area contributed by atoms with Gasteiger partial charge in [-0.25, -0.2) is 4.79 Å². The number of nitrogens with one attached hydrogen (secondary N) is 1. The van der Waals surface area contributed by atoms with E-state index >= 15 is 0 Å². The van der Waals surface area contributed by atoms with E-state index in [1.807, 2.05) is 54.6 Å². The van der Waals surface area contributed by atoms with Crippen molar-refractivity contribution in [2.24, 2.45) is 0 Å². The van der Waals surface area contributed by atoms with E-state index in [1.165, 1.54) is 0 Å². The average molecular weight is 354 g/mol. The third-order valence-corrected chi connectivity index (χ3v) is 4.88. The average Bonchev–Trinajstić information content (AvgIpc) is 3.09. The van der Waals surface area contributed by atoms with Crippen molar-refractivity contribution >= 4 is 11.7 Å². The fourth-order valence-electron chi connectivity index (χ4n) is 3.21. The third-order valence-electron chi connectivity index (χ3n) is 4.88. The molecular formula is C21H26N2O3. The Bertz CT molecular complexity index is 710. The van der Waals surface area contributed by atoms with Crippen molar-refractivity contribution in [2.45, 2.75) is 37.7 Å². The van der Waals surface area contributed by atoms with Gasteiger partial charge in [-0.15, -0.1) is 0 Å². The molecule has 1 aliphatic rings. The van der Waals surface area contributed by atoms with Crippen LogP contribution in [0.1, 0.15) is 32.1 Å². The number of hydrogen-bond donors (Lipinski definition) is 2. The summed E-state index contributed by atoms with van der Waals surface area (Å²) in [7, 11) is 1.75. The Morgan fingerprint density at radius 1 is 1.08 bits per heavy atom. The molecule has 26 heavy (non-hydrogen) atoms. The highest BCUT2D eigenvalue weighted by Gasteiger charge is 2.31. The minimum absolute atomic E-state index is 0.177. The normalized spacial score (nSPS) is 15.5. The SMILES string of the molecule is CN(CCC1(O)CCCC1)C(=O)Nc1ccc(Oc2ccccc2)cc1. The lowest BCUT2D eigenvalue weighted by Gasteiger charge is -2.26. The summed E-state index contributed by atoms with van der Waals surface area (Å²) in [6.45, 7) is 0.539.